The van der Waals surface area contributed by atoms with Crippen molar-refractivity contribution in [2.75, 3.05) is 11.9 Å². The van der Waals surface area contributed by atoms with Crippen LogP contribution in [0.25, 0.3) is 0 Å². The topological polar surface area (TPSA) is 66.9 Å². The maximum atomic E-state index is 11.0. The molecule has 1 aliphatic rings. The number of nitrogens with one attached hydrogen (secondary N) is 2. The van der Waals surface area contributed by atoms with Gasteiger partial charge in [0.2, 0.25) is 11.2 Å². The van der Waals surface area contributed by atoms with Gasteiger partial charge in [-0.3, -0.25) is 4.79 Å². The van der Waals surface area contributed by atoms with Crippen LogP contribution in [0.4, 0.5) is 5.82 Å². The Morgan fingerprint density at radius 1 is 1.50 bits per heavy atom. The SMILES string of the molecule is O=C1CCC(Nc2nc(Cl)ncc2Cl)CN1. The molecule has 0 bridgehead atoms. The van der Waals surface area contributed by atoms with E-state index in [9.17, 15) is 4.79 Å². The summed E-state index contributed by atoms with van der Waals surface area (Å²) in [4.78, 5) is 18.7. The smallest absolute Gasteiger partial charge is 0.224 e. The highest BCUT2D eigenvalue weighted by Crippen LogP contribution is 2.21. The predicted molar refractivity (Wildman–Crippen MR) is 61.7 cm³/mol. The second-order valence-electron chi connectivity index (χ2n) is 3.52. The van der Waals surface area contributed by atoms with Crippen LogP contribution in [0.2, 0.25) is 10.3 Å². The van der Waals surface area contributed by atoms with Gasteiger partial charge < -0.3 is 10.6 Å². The molecule has 1 fully saturated rings. The number of rotatable bonds is 2. The molecule has 7 heteroatoms. The molecular weight excluding hydrogens is 251 g/mol. The van der Waals surface area contributed by atoms with Crippen molar-refractivity contribution in [3.63, 3.8) is 0 Å². The van der Waals surface area contributed by atoms with Gasteiger partial charge in [0.15, 0.2) is 0 Å². The third-order valence-electron chi connectivity index (χ3n) is 2.32. The molecule has 86 valence electrons. The van der Waals surface area contributed by atoms with Crippen molar-refractivity contribution >= 4 is 34.9 Å². The number of aromatic nitrogens is 2. The van der Waals surface area contributed by atoms with E-state index in [0.29, 0.717) is 23.8 Å². The second kappa shape index (κ2) is 4.84. The fraction of sp³-hybridized carbons (Fsp3) is 0.444. The zero-order valence-corrected chi connectivity index (χ0v) is 9.85. The van der Waals surface area contributed by atoms with Gasteiger partial charge in [0.05, 0.1) is 6.20 Å². The number of hydrogen-bond acceptors (Lipinski definition) is 4. The van der Waals surface area contributed by atoms with Crippen LogP contribution in [0.15, 0.2) is 6.20 Å². The van der Waals surface area contributed by atoms with Crippen LogP contribution in [0.5, 0.6) is 0 Å². The molecular formula is C9H10Cl2N4O. The first-order valence-electron chi connectivity index (χ1n) is 4.86. The minimum atomic E-state index is 0.0740. The van der Waals surface area contributed by atoms with E-state index in [1.165, 1.54) is 6.20 Å². The summed E-state index contributed by atoms with van der Waals surface area (Å²) in [5, 5.41) is 6.46. The Balaban J connectivity index is 2.03. The van der Waals surface area contributed by atoms with Gasteiger partial charge in [0.1, 0.15) is 10.8 Å². The highest BCUT2D eigenvalue weighted by Gasteiger charge is 2.19. The Morgan fingerprint density at radius 3 is 3.00 bits per heavy atom. The van der Waals surface area contributed by atoms with Crippen molar-refractivity contribution in [3.05, 3.63) is 16.5 Å². The monoisotopic (exact) mass is 260 g/mol. The predicted octanol–water partition coefficient (Wildman–Crippen LogP) is 1.47. The number of nitrogens with zero attached hydrogens (tertiary/aromatic N) is 2. The summed E-state index contributed by atoms with van der Waals surface area (Å²) in [5.41, 5.74) is 0. The standard InChI is InChI=1S/C9H10Cl2N4O/c10-6-4-13-9(11)15-8(6)14-5-1-2-7(16)12-3-5/h4-5H,1-3H2,(H,12,16)(H,13,14,15). The molecule has 16 heavy (non-hydrogen) atoms. The van der Waals surface area contributed by atoms with Crippen LogP contribution in [0.3, 0.4) is 0 Å². The number of carbonyl (C=O) groups is 1. The van der Waals surface area contributed by atoms with Crippen molar-refractivity contribution < 1.29 is 4.79 Å². The highest BCUT2D eigenvalue weighted by molar-refractivity contribution is 6.33. The number of anilines is 1. The van der Waals surface area contributed by atoms with Gasteiger partial charge >= 0.3 is 0 Å². The third kappa shape index (κ3) is 2.74. The highest BCUT2D eigenvalue weighted by atomic mass is 35.5. The van der Waals surface area contributed by atoms with Crippen molar-refractivity contribution in [1.29, 1.82) is 0 Å². The first kappa shape index (κ1) is 11.4. The maximum Gasteiger partial charge on any atom is 0.224 e. The fourth-order valence-electron chi connectivity index (χ4n) is 1.50. The molecule has 0 aromatic carbocycles. The molecule has 1 aliphatic heterocycles. The minimum Gasteiger partial charge on any atom is -0.364 e. The Labute approximate surface area is 103 Å². The molecule has 1 aromatic rings. The first-order valence-corrected chi connectivity index (χ1v) is 5.62. The lowest BCUT2D eigenvalue weighted by Crippen LogP contribution is -2.42. The molecule has 1 amide bonds. The average molecular weight is 261 g/mol. The molecule has 5 nitrogen and oxygen atoms in total. The van der Waals surface area contributed by atoms with E-state index in [-0.39, 0.29) is 17.2 Å². The van der Waals surface area contributed by atoms with E-state index < -0.39 is 0 Å². The van der Waals surface area contributed by atoms with Gasteiger partial charge in [-0.15, -0.1) is 0 Å². The maximum absolute atomic E-state index is 11.0. The van der Waals surface area contributed by atoms with Gasteiger partial charge in [-0.2, -0.15) is 4.98 Å². The number of halogens is 2. The molecule has 2 rings (SSSR count). The lowest BCUT2D eigenvalue weighted by molar-refractivity contribution is -0.122. The summed E-state index contributed by atoms with van der Waals surface area (Å²) < 4.78 is 0. The van der Waals surface area contributed by atoms with Crippen LogP contribution >= 0.6 is 23.2 Å². The van der Waals surface area contributed by atoms with E-state index in [1.54, 1.807) is 0 Å². The van der Waals surface area contributed by atoms with E-state index in [0.717, 1.165) is 6.42 Å². The molecule has 2 heterocycles. The summed E-state index contributed by atoms with van der Waals surface area (Å²) in [6, 6.07) is 0.126. The zero-order chi connectivity index (χ0) is 11.5. The normalized spacial score (nSPS) is 20.4. The number of hydrogen-bond donors (Lipinski definition) is 2. The molecule has 1 saturated heterocycles. The average Bonchev–Trinajstić information content (AvgIpc) is 2.27. The Bertz CT molecular complexity index is 402. The molecule has 1 unspecified atom stereocenters. The van der Waals surface area contributed by atoms with E-state index in [1.807, 2.05) is 0 Å². The molecule has 0 spiro atoms. The Kier molecular flexibility index (Phi) is 3.46. The van der Waals surface area contributed by atoms with E-state index >= 15 is 0 Å². The summed E-state index contributed by atoms with van der Waals surface area (Å²) in [5.74, 6) is 0.577. The molecule has 0 aliphatic carbocycles. The molecule has 0 radical (unpaired) electrons. The van der Waals surface area contributed by atoms with Crippen LogP contribution in [-0.2, 0) is 4.79 Å². The largest absolute Gasteiger partial charge is 0.364 e. The van der Waals surface area contributed by atoms with Gasteiger partial charge in [0.25, 0.3) is 0 Å². The second-order valence-corrected chi connectivity index (χ2v) is 4.26. The fourth-order valence-corrected chi connectivity index (χ4v) is 1.78. The molecule has 1 aromatic heterocycles. The van der Waals surface area contributed by atoms with Crippen molar-refractivity contribution in [2.45, 2.75) is 18.9 Å². The van der Waals surface area contributed by atoms with Crippen molar-refractivity contribution in [1.82, 2.24) is 15.3 Å². The molecule has 2 N–H and O–H groups in total. The van der Waals surface area contributed by atoms with Crippen molar-refractivity contribution in [2.24, 2.45) is 0 Å². The number of piperidine rings is 1. The molecule has 0 saturated carbocycles. The summed E-state index contributed by atoms with van der Waals surface area (Å²) in [6.07, 6.45) is 2.71. The third-order valence-corrected chi connectivity index (χ3v) is 2.78. The van der Waals surface area contributed by atoms with E-state index in [4.69, 9.17) is 23.2 Å². The number of carbonyl (C=O) groups excluding carboxylic acids is 1. The van der Waals surface area contributed by atoms with Gasteiger partial charge in [-0.25, -0.2) is 4.98 Å². The lowest BCUT2D eigenvalue weighted by atomic mass is 10.1. The summed E-state index contributed by atoms with van der Waals surface area (Å²) >= 11 is 11.6. The van der Waals surface area contributed by atoms with Crippen LogP contribution in [-0.4, -0.2) is 28.5 Å². The zero-order valence-electron chi connectivity index (χ0n) is 8.33. The quantitative estimate of drug-likeness (QED) is 0.791. The minimum absolute atomic E-state index is 0.0740. The van der Waals surface area contributed by atoms with E-state index in [2.05, 4.69) is 20.6 Å². The van der Waals surface area contributed by atoms with Gasteiger partial charge in [-0.05, 0) is 18.0 Å². The van der Waals surface area contributed by atoms with Crippen molar-refractivity contribution in [3.8, 4) is 0 Å². The van der Waals surface area contributed by atoms with Gasteiger partial charge in [0, 0.05) is 19.0 Å². The number of amides is 1. The molecule has 1 atom stereocenters. The first-order chi connectivity index (χ1) is 7.65. The van der Waals surface area contributed by atoms with Crippen LogP contribution < -0.4 is 10.6 Å². The van der Waals surface area contributed by atoms with Crippen LogP contribution in [0, 0.1) is 0 Å². The summed E-state index contributed by atoms with van der Waals surface area (Å²) in [7, 11) is 0. The Hall–Kier alpha value is -1.07. The lowest BCUT2D eigenvalue weighted by Gasteiger charge is -2.24. The van der Waals surface area contributed by atoms with Crippen LogP contribution in [0.1, 0.15) is 12.8 Å². The summed E-state index contributed by atoms with van der Waals surface area (Å²) in [6.45, 7) is 0.566. The Morgan fingerprint density at radius 2 is 2.31 bits per heavy atom. The van der Waals surface area contributed by atoms with Gasteiger partial charge in [-0.1, -0.05) is 11.6 Å².